The third-order valence-corrected chi connectivity index (χ3v) is 5.68. The van der Waals surface area contributed by atoms with Crippen molar-refractivity contribution in [3.63, 3.8) is 0 Å². The number of carbonyl (C=O) groups is 2. The Kier molecular flexibility index (Phi) is 19.2. The maximum Gasteiger partial charge on any atom is 0.510 e. The average Bonchev–Trinajstić information content (AvgIpc) is 2.71. The van der Waals surface area contributed by atoms with E-state index in [0.717, 1.165) is 51.4 Å². The predicted octanol–water partition coefficient (Wildman–Crippen LogP) is 7.13. The van der Waals surface area contributed by atoms with Crippen LogP contribution in [-0.2, 0) is 32.6 Å². The van der Waals surface area contributed by atoms with Crippen LogP contribution in [0.25, 0.3) is 0 Å². The van der Waals surface area contributed by atoms with Crippen LogP contribution in [0, 0.1) is 0 Å². The van der Waals surface area contributed by atoms with E-state index in [1.54, 1.807) is 0 Å². The standard InChI is InChI=1S/C22H43NO9P/c1-5-7-9-11-13-15-17-27-21(24)29-19(3)31-33(23,26)32-20(4)30-22(25)28-18-16-14-12-10-8-6-2/h19-20,23H,5-18H2,1-4H3. The summed E-state index contributed by atoms with van der Waals surface area (Å²) in [5, 5.41) is 0. The number of carbonyl (C=O) groups excluding carboxylic acids is 2. The van der Waals surface area contributed by atoms with E-state index < -0.39 is 32.6 Å². The Morgan fingerprint density at radius 2 is 1.00 bits per heavy atom. The van der Waals surface area contributed by atoms with Gasteiger partial charge in [0.25, 0.3) is 0 Å². The third-order valence-electron chi connectivity index (χ3n) is 4.53. The smallest absolute Gasteiger partial charge is 0.434 e. The molecule has 2 atom stereocenters. The molecular weight excluding hydrogens is 453 g/mol. The lowest BCUT2D eigenvalue weighted by molar-refractivity contribution is -0.0863. The molecule has 195 valence electrons. The van der Waals surface area contributed by atoms with Crippen LogP contribution in [-0.4, -0.2) is 38.1 Å². The van der Waals surface area contributed by atoms with Crippen LogP contribution in [0.4, 0.5) is 9.59 Å². The van der Waals surface area contributed by atoms with Gasteiger partial charge in [-0.25, -0.2) is 14.2 Å². The van der Waals surface area contributed by atoms with Crippen molar-refractivity contribution in [3.05, 3.63) is 0 Å². The van der Waals surface area contributed by atoms with Gasteiger partial charge >= 0.3 is 20.1 Å². The van der Waals surface area contributed by atoms with Crippen molar-refractivity contribution in [3.8, 4) is 0 Å². The highest BCUT2D eigenvalue weighted by molar-refractivity contribution is 7.50. The number of hydrogen-bond donors (Lipinski definition) is 0. The first-order valence-electron chi connectivity index (χ1n) is 12.1. The quantitative estimate of drug-likeness (QED) is 0.0747. The fraction of sp³-hybridized carbons (Fsp3) is 0.909. The molecule has 1 radical (unpaired) electrons. The van der Waals surface area contributed by atoms with E-state index in [0.29, 0.717) is 0 Å². The summed E-state index contributed by atoms with van der Waals surface area (Å²) in [7, 11) is -4.43. The Balaban J connectivity index is 3.98. The van der Waals surface area contributed by atoms with Crippen molar-refractivity contribution in [2.24, 2.45) is 0 Å². The molecule has 10 nitrogen and oxygen atoms in total. The first-order valence-corrected chi connectivity index (χ1v) is 13.6. The van der Waals surface area contributed by atoms with Crippen LogP contribution in [0.15, 0.2) is 0 Å². The molecule has 0 bridgehead atoms. The highest BCUT2D eigenvalue weighted by Gasteiger charge is 2.29. The molecule has 0 spiro atoms. The lowest BCUT2D eigenvalue weighted by Gasteiger charge is -2.20. The van der Waals surface area contributed by atoms with E-state index in [-0.39, 0.29) is 13.2 Å². The van der Waals surface area contributed by atoms with Crippen molar-refractivity contribution in [2.45, 2.75) is 117 Å². The molecule has 0 amide bonds. The van der Waals surface area contributed by atoms with Crippen molar-refractivity contribution in [1.29, 1.82) is 0 Å². The number of rotatable bonds is 20. The molecule has 0 aliphatic heterocycles. The van der Waals surface area contributed by atoms with Crippen LogP contribution < -0.4 is 5.50 Å². The van der Waals surface area contributed by atoms with Crippen LogP contribution in [0.1, 0.15) is 105 Å². The zero-order valence-electron chi connectivity index (χ0n) is 20.7. The molecule has 0 aliphatic rings. The van der Waals surface area contributed by atoms with Crippen LogP contribution in [0.3, 0.4) is 0 Å². The molecule has 1 N–H and O–H groups in total. The van der Waals surface area contributed by atoms with Crippen LogP contribution in [0.5, 0.6) is 0 Å². The maximum atomic E-state index is 12.1. The summed E-state index contributed by atoms with van der Waals surface area (Å²) in [5.41, 5.74) is 7.62. The largest absolute Gasteiger partial charge is 0.510 e. The van der Waals surface area contributed by atoms with Gasteiger partial charge in [0.05, 0.1) is 13.2 Å². The first kappa shape index (κ1) is 31.6. The van der Waals surface area contributed by atoms with Gasteiger partial charge in [0, 0.05) is 0 Å². The van der Waals surface area contributed by atoms with Gasteiger partial charge in [-0.15, -0.1) is 5.50 Å². The highest BCUT2D eigenvalue weighted by Crippen LogP contribution is 2.45. The summed E-state index contributed by atoms with van der Waals surface area (Å²) in [5.74, 6) is 0. The first-order chi connectivity index (χ1) is 15.7. The molecule has 0 saturated heterocycles. The zero-order chi connectivity index (χ0) is 25.0. The normalized spacial score (nSPS) is 14.7. The Hall–Kier alpha value is -1.35. The number of ether oxygens (including phenoxy) is 4. The van der Waals surface area contributed by atoms with Gasteiger partial charge in [-0.2, -0.15) is 0 Å². The molecule has 0 aromatic heterocycles. The molecule has 0 rings (SSSR count). The summed E-state index contributed by atoms with van der Waals surface area (Å²) < 4.78 is 41.2. The molecule has 0 aromatic rings. The summed E-state index contributed by atoms with van der Waals surface area (Å²) in [4.78, 5) is 23.3. The Morgan fingerprint density at radius 3 is 1.36 bits per heavy atom. The molecule has 2 unspecified atom stereocenters. The highest BCUT2D eigenvalue weighted by atomic mass is 31.2. The van der Waals surface area contributed by atoms with Gasteiger partial charge in [-0.1, -0.05) is 78.1 Å². The third kappa shape index (κ3) is 21.0. The summed E-state index contributed by atoms with van der Waals surface area (Å²) >= 11 is 0. The lowest BCUT2D eigenvalue weighted by Crippen LogP contribution is -2.22. The van der Waals surface area contributed by atoms with E-state index in [4.69, 9.17) is 33.5 Å². The number of nitrogens with one attached hydrogen (secondary N) is 1. The van der Waals surface area contributed by atoms with E-state index in [1.807, 2.05) is 0 Å². The fourth-order valence-electron chi connectivity index (χ4n) is 2.87. The average molecular weight is 497 g/mol. The fourth-order valence-corrected chi connectivity index (χ4v) is 3.79. The SMILES string of the molecule is CCCCCCCCOC(=O)OC(C)OP([NH])(=O)OC(C)OC(=O)OCCCCCCCC. The second-order valence-electron chi connectivity index (χ2n) is 7.81. The van der Waals surface area contributed by atoms with Gasteiger partial charge < -0.3 is 18.9 Å². The lowest BCUT2D eigenvalue weighted by atomic mass is 10.1. The molecule has 0 aromatic carbocycles. The molecular formula is C22H43NO9P. The van der Waals surface area contributed by atoms with E-state index in [2.05, 4.69) is 13.8 Å². The van der Waals surface area contributed by atoms with Crippen molar-refractivity contribution >= 4 is 20.1 Å². The van der Waals surface area contributed by atoms with Crippen molar-refractivity contribution in [2.75, 3.05) is 13.2 Å². The second-order valence-corrected chi connectivity index (χ2v) is 9.23. The Bertz CT molecular complexity index is 518. The summed E-state index contributed by atoms with van der Waals surface area (Å²) in [6.45, 7) is 7.25. The molecule has 0 fully saturated rings. The minimum Gasteiger partial charge on any atom is -0.434 e. The van der Waals surface area contributed by atoms with Crippen LogP contribution >= 0.6 is 7.75 Å². The van der Waals surface area contributed by atoms with Crippen molar-refractivity contribution < 1.29 is 42.1 Å². The van der Waals surface area contributed by atoms with E-state index in [1.165, 1.54) is 39.5 Å². The predicted molar refractivity (Wildman–Crippen MR) is 123 cm³/mol. The van der Waals surface area contributed by atoms with Gasteiger partial charge in [0.1, 0.15) is 0 Å². The van der Waals surface area contributed by atoms with E-state index >= 15 is 0 Å². The Morgan fingerprint density at radius 1 is 0.667 bits per heavy atom. The van der Waals surface area contributed by atoms with Gasteiger partial charge in [0.15, 0.2) is 0 Å². The molecule has 33 heavy (non-hydrogen) atoms. The Labute approximate surface area is 198 Å². The van der Waals surface area contributed by atoms with Crippen molar-refractivity contribution in [1.82, 2.24) is 5.50 Å². The number of unbranched alkanes of at least 4 members (excludes halogenated alkanes) is 10. The monoisotopic (exact) mass is 496 g/mol. The summed E-state index contributed by atoms with van der Waals surface area (Å²) in [6, 6.07) is 0. The summed E-state index contributed by atoms with van der Waals surface area (Å²) in [6.07, 6.45) is 7.86. The topological polar surface area (TPSA) is 130 Å². The zero-order valence-corrected chi connectivity index (χ0v) is 21.6. The van der Waals surface area contributed by atoms with E-state index in [9.17, 15) is 14.2 Å². The molecule has 0 aliphatic carbocycles. The van der Waals surface area contributed by atoms with Crippen LogP contribution in [0.2, 0.25) is 0 Å². The number of hydrogen-bond acceptors (Lipinski definition) is 9. The second kappa shape index (κ2) is 20.1. The minimum atomic E-state index is -4.43. The molecule has 0 heterocycles. The minimum absolute atomic E-state index is 0.207. The van der Waals surface area contributed by atoms with Gasteiger partial charge in [-0.05, 0) is 26.7 Å². The molecule has 0 saturated carbocycles. The molecule has 11 heteroatoms. The van der Waals surface area contributed by atoms with Gasteiger partial charge in [0.2, 0.25) is 12.6 Å². The maximum absolute atomic E-state index is 12.1. The van der Waals surface area contributed by atoms with Gasteiger partial charge in [-0.3, -0.25) is 9.05 Å².